The van der Waals surface area contributed by atoms with E-state index in [1.807, 2.05) is 0 Å². The molecule has 6 heteroatoms. The van der Waals surface area contributed by atoms with Gasteiger partial charge >= 0.3 is 0 Å². The van der Waals surface area contributed by atoms with Crippen molar-refractivity contribution in [2.75, 3.05) is 0 Å². The average Bonchev–Trinajstić information content (AvgIpc) is 2.34. The zero-order chi connectivity index (χ0) is 8.43. The van der Waals surface area contributed by atoms with Crippen molar-refractivity contribution < 1.29 is 15.1 Å². The highest BCUT2D eigenvalue weighted by molar-refractivity contribution is 6.65. The molecule has 0 radical (unpaired) electrons. The van der Waals surface area contributed by atoms with Crippen LogP contribution >= 0.6 is 11.6 Å². The van der Waals surface area contributed by atoms with Crippen molar-refractivity contribution in [2.24, 2.45) is 5.16 Å². The Morgan fingerprint density at radius 1 is 1.82 bits per heavy atom. The second-order valence-electron chi connectivity index (χ2n) is 2.09. The molecule has 1 unspecified atom stereocenters. The number of halogens is 1. The normalized spacial score (nSPS) is 23.3. The average molecular weight is 179 g/mol. The first-order chi connectivity index (χ1) is 5.11. The van der Waals surface area contributed by atoms with Crippen LogP contribution in [0, 0.1) is 5.41 Å². The van der Waals surface area contributed by atoms with Crippen molar-refractivity contribution in [3.8, 4) is 0 Å². The largest absolute Gasteiger partial charge is 0.385 e. The van der Waals surface area contributed by atoms with Crippen molar-refractivity contribution in [1.82, 2.24) is 0 Å². The maximum atomic E-state index is 8.52. The predicted octanol–water partition coefficient (Wildman–Crippen LogP) is -0.342. The maximum absolute atomic E-state index is 8.52. The monoisotopic (exact) mass is 178 g/mol. The van der Waals surface area contributed by atoms with Gasteiger partial charge in [-0.25, -0.2) is 0 Å². The first-order valence-corrected chi connectivity index (χ1v) is 3.31. The van der Waals surface area contributed by atoms with E-state index in [2.05, 4.69) is 9.99 Å². The van der Waals surface area contributed by atoms with E-state index in [4.69, 9.17) is 27.2 Å². The van der Waals surface area contributed by atoms with Crippen LogP contribution in [0.1, 0.15) is 6.42 Å². The van der Waals surface area contributed by atoms with Crippen molar-refractivity contribution in [2.45, 2.75) is 18.8 Å². The van der Waals surface area contributed by atoms with Crippen molar-refractivity contribution in [1.29, 1.82) is 5.41 Å². The van der Waals surface area contributed by atoms with Crippen LogP contribution in [-0.2, 0) is 4.84 Å². The van der Waals surface area contributed by atoms with E-state index >= 15 is 0 Å². The Bertz CT molecular complexity index is 204. The molecule has 1 heterocycles. The topological polar surface area (TPSA) is 85.9 Å². The Morgan fingerprint density at radius 3 is 2.82 bits per heavy atom. The van der Waals surface area contributed by atoms with Crippen LogP contribution in [-0.4, -0.2) is 33.5 Å². The molecule has 0 aromatic carbocycles. The molecule has 0 aromatic rings. The molecule has 1 rings (SSSR count). The molecule has 0 fully saturated rings. The fraction of sp³-hybridized carbons (Fsp3) is 0.600. The lowest BCUT2D eigenvalue weighted by atomic mass is 10.1. The first kappa shape index (κ1) is 8.45. The molecule has 62 valence electrons. The van der Waals surface area contributed by atoms with Crippen molar-refractivity contribution in [3.05, 3.63) is 0 Å². The van der Waals surface area contributed by atoms with Gasteiger partial charge in [0.05, 0.1) is 0 Å². The molecule has 0 saturated heterocycles. The SMILES string of the molecule is N=C(C(O)O)C1CC(Cl)=NO1. The molecule has 0 spiro atoms. The second-order valence-corrected chi connectivity index (χ2v) is 2.53. The van der Waals surface area contributed by atoms with Gasteiger partial charge in [-0.05, 0) is 0 Å². The van der Waals surface area contributed by atoms with Gasteiger partial charge < -0.3 is 20.5 Å². The highest BCUT2D eigenvalue weighted by Gasteiger charge is 2.27. The minimum absolute atomic E-state index is 0.234. The summed E-state index contributed by atoms with van der Waals surface area (Å²) in [5.74, 6) is 0. The number of aliphatic hydroxyl groups is 2. The molecule has 0 saturated carbocycles. The number of hydrogen-bond donors (Lipinski definition) is 3. The van der Waals surface area contributed by atoms with E-state index in [1.165, 1.54) is 0 Å². The van der Waals surface area contributed by atoms with E-state index in [1.54, 1.807) is 0 Å². The van der Waals surface area contributed by atoms with Gasteiger partial charge in [0.2, 0.25) is 0 Å². The number of aliphatic hydroxyl groups excluding tert-OH is 1. The Morgan fingerprint density at radius 2 is 2.45 bits per heavy atom. The van der Waals surface area contributed by atoms with Crippen LogP contribution in [0.2, 0.25) is 0 Å². The highest BCUT2D eigenvalue weighted by Crippen LogP contribution is 2.14. The molecule has 0 aromatic heterocycles. The summed E-state index contributed by atoms with van der Waals surface area (Å²) in [6, 6.07) is 0. The molecule has 0 bridgehead atoms. The van der Waals surface area contributed by atoms with Crippen LogP contribution in [0.3, 0.4) is 0 Å². The van der Waals surface area contributed by atoms with Gasteiger partial charge in [0.15, 0.2) is 12.4 Å². The summed E-state index contributed by atoms with van der Waals surface area (Å²) in [5, 5.41) is 27.7. The first-order valence-electron chi connectivity index (χ1n) is 2.94. The number of nitrogens with zero attached hydrogens (tertiary/aromatic N) is 1. The molecular formula is C5H7ClN2O3. The van der Waals surface area contributed by atoms with Gasteiger partial charge in [0, 0.05) is 6.42 Å². The lowest BCUT2D eigenvalue weighted by Crippen LogP contribution is -2.31. The van der Waals surface area contributed by atoms with Gasteiger partial charge in [0.1, 0.15) is 10.9 Å². The zero-order valence-electron chi connectivity index (χ0n) is 5.49. The summed E-state index contributed by atoms with van der Waals surface area (Å²) in [7, 11) is 0. The molecular weight excluding hydrogens is 172 g/mol. The summed E-state index contributed by atoms with van der Waals surface area (Å²) in [4.78, 5) is 4.60. The smallest absolute Gasteiger partial charge is 0.195 e. The fourth-order valence-electron chi connectivity index (χ4n) is 0.681. The molecule has 1 aliphatic rings. The summed E-state index contributed by atoms with van der Waals surface area (Å²) in [6.07, 6.45) is -2.28. The van der Waals surface area contributed by atoms with E-state index in [9.17, 15) is 0 Å². The lowest BCUT2D eigenvalue weighted by molar-refractivity contribution is 0.00567. The Balaban J connectivity index is 2.47. The van der Waals surface area contributed by atoms with Crippen LogP contribution in [0.25, 0.3) is 0 Å². The number of hydrogen-bond acceptors (Lipinski definition) is 5. The number of rotatable bonds is 2. The fourth-order valence-corrected chi connectivity index (χ4v) is 0.861. The van der Waals surface area contributed by atoms with Crippen LogP contribution in [0.4, 0.5) is 0 Å². The molecule has 5 nitrogen and oxygen atoms in total. The molecule has 3 N–H and O–H groups in total. The molecule has 0 amide bonds. The van der Waals surface area contributed by atoms with E-state index in [-0.39, 0.29) is 17.3 Å². The minimum Gasteiger partial charge on any atom is -0.385 e. The molecule has 1 aliphatic heterocycles. The third-order valence-electron chi connectivity index (χ3n) is 1.26. The van der Waals surface area contributed by atoms with Gasteiger partial charge in [-0.15, -0.1) is 0 Å². The zero-order valence-corrected chi connectivity index (χ0v) is 6.25. The third-order valence-corrected chi connectivity index (χ3v) is 1.48. The predicted molar refractivity (Wildman–Crippen MR) is 38.7 cm³/mol. The molecule has 1 atom stereocenters. The van der Waals surface area contributed by atoms with Gasteiger partial charge in [-0.2, -0.15) is 0 Å². The van der Waals surface area contributed by atoms with E-state index < -0.39 is 12.4 Å². The lowest BCUT2D eigenvalue weighted by Gasteiger charge is -2.10. The van der Waals surface area contributed by atoms with Crippen LogP contribution in [0.15, 0.2) is 5.16 Å². The summed E-state index contributed by atoms with van der Waals surface area (Å²) in [6.45, 7) is 0. The van der Waals surface area contributed by atoms with Crippen LogP contribution < -0.4 is 0 Å². The van der Waals surface area contributed by atoms with E-state index in [0.717, 1.165) is 0 Å². The molecule has 11 heavy (non-hydrogen) atoms. The standard InChI is InChI=1S/C5H7ClN2O3/c6-3-1-2(11-8-3)4(7)5(9)10/h2,5,7,9-10H,1H2. The summed E-state index contributed by atoms with van der Waals surface area (Å²) < 4.78 is 0. The Hall–Kier alpha value is -0.650. The van der Waals surface area contributed by atoms with Gasteiger partial charge in [-0.3, -0.25) is 0 Å². The maximum Gasteiger partial charge on any atom is 0.195 e. The third kappa shape index (κ3) is 1.89. The Labute approximate surface area is 67.7 Å². The Kier molecular flexibility index (Phi) is 2.43. The minimum atomic E-state index is -1.79. The second kappa shape index (κ2) is 3.17. The van der Waals surface area contributed by atoms with Crippen molar-refractivity contribution >= 4 is 22.5 Å². The van der Waals surface area contributed by atoms with Crippen LogP contribution in [0.5, 0.6) is 0 Å². The quantitative estimate of drug-likeness (QED) is 0.399. The van der Waals surface area contributed by atoms with Gasteiger partial charge in [-0.1, -0.05) is 16.8 Å². The number of nitrogens with one attached hydrogen (secondary N) is 1. The summed E-state index contributed by atoms with van der Waals surface area (Å²) >= 11 is 5.42. The highest BCUT2D eigenvalue weighted by atomic mass is 35.5. The summed E-state index contributed by atoms with van der Waals surface area (Å²) in [5.41, 5.74) is -0.329. The van der Waals surface area contributed by atoms with Gasteiger partial charge in [0.25, 0.3) is 0 Å². The van der Waals surface area contributed by atoms with Crippen molar-refractivity contribution in [3.63, 3.8) is 0 Å². The molecule has 0 aliphatic carbocycles. The van der Waals surface area contributed by atoms with E-state index in [0.29, 0.717) is 0 Å². The number of oxime groups is 1.